The first kappa shape index (κ1) is 10.5. The molecule has 1 aromatic rings. The third kappa shape index (κ3) is 2.72. The van der Waals surface area contributed by atoms with Gasteiger partial charge in [0.05, 0.1) is 0 Å². The van der Waals surface area contributed by atoms with E-state index < -0.39 is 0 Å². The molecule has 82 valence electrons. The molecule has 0 amide bonds. The molecule has 2 heteroatoms. The van der Waals surface area contributed by atoms with Crippen LogP contribution < -0.4 is 5.32 Å². The van der Waals surface area contributed by atoms with Crippen LogP contribution in [0.25, 0.3) is 0 Å². The van der Waals surface area contributed by atoms with Crippen molar-refractivity contribution in [3.8, 4) is 5.75 Å². The van der Waals surface area contributed by atoms with Crippen molar-refractivity contribution in [2.45, 2.75) is 38.8 Å². The molecule has 1 aliphatic carbocycles. The largest absolute Gasteiger partial charge is 0.508 e. The minimum absolute atomic E-state index is 0.341. The van der Waals surface area contributed by atoms with E-state index in [1.165, 1.54) is 24.8 Å². The first-order chi connectivity index (χ1) is 7.25. The van der Waals surface area contributed by atoms with Gasteiger partial charge in [0.2, 0.25) is 0 Å². The van der Waals surface area contributed by atoms with Crippen molar-refractivity contribution in [3.05, 3.63) is 29.8 Å². The summed E-state index contributed by atoms with van der Waals surface area (Å²) in [6.45, 7) is 3.23. The molecule has 0 radical (unpaired) electrons. The fourth-order valence-corrected chi connectivity index (χ4v) is 2.31. The summed E-state index contributed by atoms with van der Waals surface area (Å²) in [7, 11) is 0. The molecular formula is C13H19NO. The normalized spacial score (nSPS) is 25.7. The van der Waals surface area contributed by atoms with Crippen LogP contribution in [-0.2, 0) is 6.54 Å². The molecule has 0 spiro atoms. The van der Waals surface area contributed by atoms with E-state index in [0.717, 1.165) is 12.5 Å². The second kappa shape index (κ2) is 4.67. The molecule has 2 rings (SSSR count). The van der Waals surface area contributed by atoms with Crippen molar-refractivity contribution < 1.29 is 5.11 Å². The highest BCUT2D eigenvalue weighted by atomic mass is 16.3. The quantitative estimate of drug-likeness (QED) is 0.795. The Kier molecular flexibility index (Phi) is 3.27. The Morgan fingerprint density at radius 1 is 1.27 bits per heavy atom. The SMILES string of the molecule is CC1CCCC1NCc1ccc(O)cc1. The van der Waals surface area contributed by atoms with Crippen LogP contribution in [0.3, 0.4) is 0 Å². The lowest BCUT2D eigenvalue weighted by atomic mass is 10.1. The van der Waals surface area contributed by atoms with Crippen LogP contribution in [0.2, 0.25) is 0 Å². The van der Waals surface area contributed by atoms with E-state index in [2.05, 4.69) is 12.2 Å². The second-order valence-electron chi connectivity index (χ2n) is 4.56. The average molecular weight is 205 g/mol. The highest BCUT2D eigenvalue weighted by molar-refractivity contribution is 5.25. The summed E-state index contributed by atoms with van der Waals surface area (Å²) in [6, 6.07) is 8.12. The number of phenols is 1. The van der Waals surface area contributed by atoms with Gasteiger partial charge in [-0.2, -0.15) is 0 Å². The zero-order chi connectivity index (χ0) is 10.7. The lowest BCUT2D eigenvalue weighted by molar-refractivity contribution is 0.425. The molecule has 0 bridgehead atoms. The predicted molar refractivity (Wildman–Crippen MR) is 61.7 cm³/mol. The van der Waals surface area contributed by atoms with Crippen molar-refractivity contribution in [1.29, 1.82) is 0 Å². The van der Waals surface area contributed by atoms with E-state index in [1.807, 2.05) is 12.1 Å². The Morgan fingerprint density at radius 2 is 2.00 bits per heavy atom. The van der Waals surface area contributed by atoms with Crippen LogP contribution in [0.5, 0.6) is 5.75 Å². The molecule has 2 N–H and O–H groups in total. The third-order valence-electron chi connectivity index (χ3n) is 3.37. The van der Waals surface area contributed by atoms with Gasteiger partial charge in [0.25, 0.3) is 0 Å². The van der Waals surface area contributed by atoms with Crippen molar-refractivity contribution >= 4 is 0 Å². The molecule has 1 fully saturated rings. The summed E-state index contributed by atoms with van der Waals surface area (Å²) in [5, 5.41) is 12.7. The summed E-state index contributed by atoms with van der Waals surface area (Å²) in [4.78, 5) is 0. The molecule has 0 saturated heterocycles. The van der Waals surface area contributed by atoms with Gasteiger partial charge in [0.1, 0.15) is 5.75 Å². The summed E-state index contributed by atoms with van der Waals surface area (Å²) in [5.41, 5.74) is 1.24. The standard InChI is InChI=1S/C13H19NO/c1-10-3-2-4-13(10)14-9-11-5-7-12(15)8-6-11/h5-8,10,13-15H,2-4,9H2,1H3. The molecule has 15 heavy (non-hydrogen) atoms. The molecule has 0 aromatic heterocycles. The Hall–Kier alpha value is -1.02. The lowest BCUT2D eigenvalue weighted by Crippen LogP contribution is -2.30. The van der Waals surface area contributed by atoms with E-state index in [9.17, 15) is 0 Å². The van der Waals surface area contributed by atoms with Crippen LogP contribution in [0.4, 0.5) is 0 Å². The van der Waals surface area contributed by atoms with E-state index in [0.29, 0.717) is 11.8 Å². The molecular weight excluding hydrogens is 186 g/mol. The van der Waals surface area contributed by atoms with Gasteiger partial charge in [-0.05, 0) is 36.5 Å². The number of hydrogen-bond acceptors (Lipinski definition) is 2. The molecule has 2 atom stereocenters. The highest BCUT2D eigenvalue weighted by Gasteiger charge is 2.22. The summed E-state index contributed by atoms with van der Waals surface area (Å²) in [6.07, 6.45) is 4.01. The van der Waals surface area contributed by atoms with Gasteiger partial charge >= 0.3 is 0 Å². The molecule has 1 saturated carbocycles. The number of hydrogen-bond donors (Lipinski definition) is 2. The fourth-order valence-electron chi connectivity index (χ4n) is 2.31. The predicted octanol–water partition coefficient (Wildman–Crippen LogP) is 2.67. The zero-order valence-electron chi connectivity index (χ0n) is 9.24. The number of nitrogens with one attached hydrogen (secondary N) is 1. The number of aromatic hydroxyl groups is 1. The summed E-state index contributed by atoms with van der Waals surface area (Å²) in [5.74, 6) is 1.15. The van der Waals surface area contributed by atoms with Crippen molar-refractivity contribution in [1.82, 2.24) is 5.32 Å². The summed E-state index contributed by atoms with van der Waals surface area (Å²) >= 11 is 0. The maximum Gasteiger partial charge on any atom is 0.115 e. The van der Waals surface area contributed by atoms with E-state index in [-0.39, 0.29) is 0 Å². The Labute approximate surface area is 91.3 Å². The number of phenolic OH excluding ortho intramolecular Hbond substituents is 1. The first-order valence-corrected chi connectivity index (χ1v) is 5.77. The van der Waals surface area contributed by atoms with Crippen LogP contribution in [-0.4, -0.2) is 11.1 Å². The fraction of sp³-hybridized carbons (Fsp3) is 0.538. The first-order valence-electron chi connectivity index (χ1n) is 5.77. The third-order valence-corrected chi connectivity index (χ3v) is 3.37. The number of benzene rings is 1. The lowest BCUT2D eigenvalue weighted by Gasteiger charge is -2.17. The molecule has 0 heterocycles. The smallest absolute Gasteiger partial charge is 0.115 e. The van der Waals surface area contributed by atoms with Gasteiger partial charge in [-0.3, -0.25) is 0 Å². The minimum atomic E-state index is 0.341. The number of rotatable bonds is 3. The van der Waals surface area contributed by atoms with E-state index in [4.69, 9.17) is 5.11 Å². The highest BCUT2D eigenvalue weighted by Crippen LogP contribution is 2.25. The van der Waals surface area contributed by atoms with E-state index >= 15 is 0 Å². The Morgan fingerprint density at radius 3 is 2.60 bits per heavy atom. The van der Waals surface area contributed by atoms with Crippen molar-refractivity contribution in [2.75, 3.05) is 0 Å². The molecule has 0 aliphatic heterocycles. The Balaban J connectivity index is 1.85. The topological polar surface area (TPSA) is 32.3 Å². The van der Waals surface area contributed by atoms with Crippen LogP contribution >= 0.6 is 0 Å². The van der Waals surface area contributed by atoms with Crippen LogP contribution in [0.1, 0.15) is 31.7 Å². The van der Waals surface area contributed by atoms with Crippen LogP contribution in [0, 0.1) is 5.92 Å². The Bertz CT molecular complexity index is 307. The zero-order valence-corrected chi connectivity index (χ0v) is 9.24. The van der Waals surface area contributed by atoms with E-state index in [1.54, 1.807) is 12.1 Å². The van der Waals surface area contributed by atoms with Gasteiger partial charge in [0.15, 0.2) is 0 Å². The van der Waals surface area contributed by atoms with Gasteiger partial charge in [-0.25, -0.2) is 0 Å². The van der Waals surface area contributed by atoms with Gasteiger partial charge in [-0.1, -0.05) is 25.5 Å². The molecule has 2 unspecified atom stereocenters. The molecule has 1 aromatic carbocycles. The monoisotopic (exact) mass is 205 g/mol. The van der Waals surface area contributed by atoms with Crippen LogP contribution in [0.15, 0.2) is 24.3 Å². The van der Waals surface area contributed by atoms with Crippen molar-refractivity contribution in [3.63, 3.8) is 0 Å². The second-order valence-corrected chi connectivity index (χ2v) is 4.56. The van der Waals surface area contributed by atoms with Gasteiger partial charge in [0, 0.05) is 12.6 Å². The average Bonchev–Trinajstić information content (AvgIpc) is 2.63. The van der Waals surface area contributed by atoms with Crippen molar-refractivity contribution in [2.24, 2.45) is 5.92 Å². The maximum atomic E-state index is 9.16. The minimum Gasteiger partial charge on any atom is -0.508 e. The molecule has 2 nitrogen and oxygen atoms in total. The maximum absolute atomic E-state index is 9.16. The van der Waals surface area contributed by atoms with Gasteiger partial charge in [-0.15, -0.1) is 0 Å². The molecule has 1 aliphatic rings. The summed E-state index contributed by atoms with van der Waals surface area (Å²) < 4.78 is 0. The van der Waals surface area contributed by atoms with Gasteiger partial charge < -0.3 is 10.4 Å².